The molecule has 0 radical (unpaired) electrons. The second-order valence-corrected chi connectivity index (χ2v) is 11.9. The first-order chi connectivity index (χ1) is 20.6. The number of aliphatic hydroxyl groups is 1. The number of primary amides is 1. The third-order valence-electron chi connectivity index (χ3n) is 8.85. The van der Waals surface area contributed by atoms with E-state index in [1.54, 1.807) is 19.0 Å². The van der Waals surface area contributed by atoms with E-state index in [2.05, 4.69) is 10.6 Å². The number of amides is 3. The third kappa shape index (κ3) is 4.61. The van der Waals surface area contributed by atoms with Crippen LogP contribution < -0.4 is 21.3 Å². The molecule has 0 aromatic heterocycles. The highest BCUT2D eigenvalue weighted by atomic mass is 19.1. The van der Waals surface area contributed by atoms with Crippen molar-refractivity contribution in [3.05, 3.63) is 47.3 Å². The van der Waals surface area contributed by atoms with E-state index in [4.69, 9.17) is 5.73 Å². The first-order valence-electron chi connectivity index (χ1n) is 13.8. The van der Waals surface area contributed by atoms with Gasteiger partial charge >= 0.3 is 6.03 Å². The third-order valence-corrected chi connectivity index (χ3v) is 8.85. The van der Waals surface area contributed by atoms with E-state index in [0.717, 1.165) is 6.07 Å². The van der Waals surface area contributed by atoms with Gasteiger partial charge in [-0.05, 0) is 62.7 Å². The van der Waals surface area contributed by atoms with Crippen LogP contribution in [0.4, 0.5) is 26.2 Å². The average Bonchev–Trinajstić information content (AvgIpc) is 2.91. The summed E-state index contributed by atoms with van der Waals surface area (Å²) in [6.07, 6.45) is -0.0315. The van der Waals surface area contributed by atoms with Crippen LogP contribution in [-0.2, 0) is 25.6 Å². The van der Waals surface area contributed by atoms with Crippen molar-refractivity contribution in [2.45, 2.75) is 24.5 Å². The van der Waals surface area contributed by atoms with E-state index in [1.807, 2.05) is 0 Å². The number of carbonyl (C=O) groups is 6. The highest BCUT2D eigenvalue weighted by molar-refractivity contribution is 6.32. The lowest BCUT2D eigenvalue weighted by molar-refractivity contribution is -0.181. The van der Waals surface area contributed by atoms with Gasteiger partial charge in [-0.3, -0.25) is 28.9 Å². The Morgan fingerprint density at radius 3 is 2.32 bits per heavy atom. The molecular weight excluding hydrogens is 577 g/mol. The number of fused-ring (bicyclic) bond motifs is 3. The molecule has 0 aliphatic heterocycles. The van der Waals surface area contributed by atoms with Gasteiger partial charge in [0.1, 0.15) is 11.6 Å². The Hall–Kier alpha value is -4.69. The zero-order valence-electron chi connectivity index (χ0n) is 24.4. The van der Waals surface area contributed by atoms with E-state index in [9.17, 15) is 43.4 Å². The molecule has 0 heterocycles. The Balaban J connectivity index is 1.57. The number of ketones is 4. The number of hydrogen-bond acceptors (Lipinski definition) is 10. The molecule has 13 nitrogen and oxygen atoms in total. The molecule has 2 fully saturated rings. The molecule has 5 rings (SSSR count). The van der Waals surface area contributed by atoms with Crippen molar-refractivity contribution in [1.82, 2.24) is 4.90 Å². The summed E-state index contributed by atoms with van der Waals surface area (Å²) >= 11 is 0. The number of aromatic hydroxyl groups is 1. The number of benzene rings is 2. The van der Waals surface area contributed by atoms with Crippen molar-refractivity contribution < 1.29 is 43.4 Å². The summed E-state index contributed by atoms with van der Waals surface area (Å²) in [6, 6.07) is 4.49. The van der Waals surface area contributed by atoms with Crippen LogP contribution in [0.3, 0.4) is 0 Å². The van der Waals surface area contributed by atoms with E-state index in [-0.39, 0.29) is 29.8 Å². The summed E-state index contributed by atoms with van der Waals surface area (Å²) in [5.74, 6) is -12.4. The van der Waals surface area contributed by atoms with Crippen LogP contribution in [0.2, 0.25) is 0 Å². The Morgan fingerprint density at radius 1 is 1.05 bits per heavy atom. The maximum absolute atomic E-state index is 14.1. The summed E-state index contributed by atoms with van der Waals surface area (Å²) in [5, 5.41) is 27.9. The lowest BCUT2D eigenvalue weighted by atomic mass is 9.52. The molecule has 2 aromatic carbocycles. The number of phenols is 1. The van der Waals surface area contributed by atoms with E-state index in [0.29, 0.717) is 11.3 Å². The van der Waals surface area contributed by atoms with Gasteiger partial charge in [-0.1, -0.05) is 6.07 Å². The highest BCUT2D eigenvalue weighted by Crippen LogP contribution is 2.52. The largest absolute Gasteiger partial charge is 0.505 e. The van der Waals surface area contributed by atoms with Gasteiger partial charge in [0.05, 0.1) is 23.2 Å². The quantitative estimate of drug-likeness (QED) is 0.238. The molecule has 0 spiro atoms. The van der Waals surface area contributed by atoms with Crippen LogP contribution in [0.15, 0.2) is 30.3 Å². The molecule has 44 heavy (non-hydrogen) atoms. The molecule has 4 unspecified atom stereocenters. The molecule has 2 aromatic rings. The van der Waals surface area contributed by atoms with E-state index in [1.165, 1.54) is 43.3 Å². The number of hydrogen-bond donors (Lipinski definition) is 5. The summed E-state index contributed by atoms with van der Waals surface area (Å²) in [4.78, 5) is 82.8. The second-order valence-electron chi connectivity index (χ2n) is 11.9. The number of phenolic OH excluding ortho intramolecular Hbond substituents is 1. The lowest BCUT2D eigenvalue weighted by Gasteiger charge is -2.52. The molecule has 6 atom stereocenters. The molecule has 6 N–H and O–H groups in total. The topological polar surface area (TPSA) is 199 Å². The number of nitrogens with zero attached hydrogens (tertiary/aromatic N) is 2. The lowest BCUT2D eigenvalue weighted by Crippen LogP contribution is -2.74. The number of rotatable bonds is 5. The second kappa shape index (κ2) is 10.8. The average molecular weight is 610 g/mol. The molecular formula is C30H32FN5O8. The van der Waals surface area contributed by atoms with Gasteiger partial charge in [0.25, 0.3) is 0 Å². The number of carbonyl (C=O) groups excluding carboxylic acids is 6. The molecule has 0 saturated heterocycles. The van der Waals surface area contributed by atoms with Gasteiger partial charge in [-0.15, -0.1) is 0 Å². The normalized spacial score (nSPS) is 27.8. The van der Waals surface area contributed by atoms with Crippen LogP contribution in [0.5, 0.6) is 5.75 Å². The van der Waals surface area contributed by atoms with Gasteiger partial charge in [0.2, 0.25) is 5.91 Å². The van der Waals surface area contributed by atoms with E-state index < -0.39 is 82.0 Å². The Morgan fingerprint density at radius 2 is 1.73 bits per heavy atom. The fourth-order valence-electron chi connectivity index (χ4n) is 7.00. The number of urea groups is 1. The van der Waals surface area contributed by atoms with Crippen molar-refractivity contribution >= 4 is 52.1 Å². The Bertz CT molecular complexity index is 1640. The van der Waals surface area contributed by atoms with Crippen LogP contribution in [0.25, 0.3) is 0 Å². The first-order valence-corrected chi connectivity index (χ1v) is 13.8. The maximum Gasteiger partial charge on any atom is 0.323 e. The predicted octanol–water partition coefficient (Wildman–Crippen LogP) is 0.716. The zero-order valence-corrected chi connectivity index (χ0v) is 24.4. The smallest absolute Gasteiger partial charge is 0.323 e. The van der Waals surface area contributed by atoms with Crippen LogP contribution >= 0.6 is 0 Å². The standard InChI is InChI=1S/C30H32FN5O8/c1-35(2)18-11-17(34-29(43)33-14-7-5-6-13(31)10-14)23(37)20-15(18)8-12-9-16-22(36(3)4)25(39)21(28(32)42)27(41)30(16,44)26(40)19(12)24(20)38/h5-7,10-12,16,19,21-22,37,44H,8-9H2,1-4H3,(H2,32,42)(H2,33,34,43)/t12?,16?,19?,21?,22-,30-/m0/s1. The minimum Gasteiger partial charge on any atom is -0.505 e. The van der Waals surface area contributed by atoms with Crippen molar-refractivity contribution in [1.29, 1.82) is 0 Å². The molecule has 2 saturated carbocycles. The Kier molecular flexibility index (Phi) is 7.54. The number of anilines is 3. The predicted molar refractivity (Wildman–Crippen MR) is 155 cm³/mol. The van der Waals surface area contributed by atoms with Crippen LogP contribution in [0, 0.1) is 29.5 Å². The number of nitrogens with one attached hydrogen (secondary N) is 2. The maximum atomic E-state index is 14.1. The minimum absolute atomic E-state index is 0.0582. The summed E-state index contributed by atoms with van der Waals surface area (Å²) in [6.45, 7) is 0. The molecule has 14 heteroatoms. The number of nitrogens with two attached hydrogens (primary N) is 1. The molecule has 0 bridgehead atoms. The molecule has 232 valence electrons. The highest BCUT2D eigenvalue weighted by Gasteiger charge is 2.69. The number of halogens is 1. The van der Waals surface area contributed by atoms with Crippen LogP contribution in [0.1, 0.15) is 22.3 Å². The first kappa shape index (κ1) is 30.8. The summed E-state index contributed by atoms with van der Waals surface area (Å²) in [5.41, 5.74) is 2.98. The molecule has 3 aliphatic rings. The van der Waals surface area contributed by atoms with Gasteiger partial charge < -0.3 is 31.5 Å². The van der Waals surface area contributed by atoms with Gasteiger partial charge in [0.15, 0.2) is 34.7 Å². The van der Waals surface area contributed by atoms with Crippen LogP contribution in [-0.4, -0.2) is 90.0 Å². The van der Waals surface area contributed by atoms with Gasteiger partial charge in [0, 0.05) is 31.4 Å². The molecule has 3 amide bonds. The fraction of sp³-hybridized carbons (Fsp3) is 0.400. The Labute approximate surface area is 251 Å². The van der Waals surface area contributed by atoms with E-state index >= 15 is 0 Å². The van der Waals surface area contributed by atoms with Gasteiger partial charge in [-0.2, -0.15) is 0 Å². The van der Waals surface area contributed by atoms with Crippen molar-refractivity contribution in [3.63, 3.8) is 0 Å². The summed E-state index contributed by atoms with van der Waals surface area (Å²) in [7, 11) is 6.37. The number of Topliss-reactive ketones (excluding diaryl/α,β-unsaturated/α-hetero) is 4. The SMILES string of the molecule is CN(C)c1cc(NC(=O)Nc2cccc(F)c2)c(O)c2c1CC1CC3[C@H](N(C)C)C(=O)C(C(N)=O)C(=O)[C@@]3(O)C(=O)C1C2=O. The minimum atomic E-state index is -2.85. The molecule has 3 aliphatic carbocycles. The van der Waals surface area contributed by atoms with Crippen molar-refractivity contribution in [2.75, 3.05) is 43.7 Å². The fourth-order valence-corrected chi connectivity index (χ4v) is 7.00. The van der Waals surface area contributed by atoms with Crippen molar-refractivity contribution in [2.24, 2.45) is 29.4 Å². The monoisotopic (exact) mass is 609 g/mol. The van der Waals surface area contributed by atoms with Crippen molar-refractivity contribution in [3.8, 4) is 5.75 Å². The number of likely N-dealkylation sites (N-methyl/N-ethyl adjacent to an activating group) is 1. The van der Waals surface area contributed by atoms with Gasteiger partial charge in [-0.25, -0.2) is 9.18 Å². The summed E-state index contributed by atoms with van der Waals surface area (Å²) < 4.78 is 13.6. The zero-order chi connectivity index (χ0) is 32.4.